The minimum absolute atomic E-state index is 0.0244. The fraction of sp³-hybridized carbons (Fsp3) is 0.462. The largest absolute Gasteiger partial charge is 0.468 e. The van der Waals surface area contributed by atoms with Crippen molar-refractivity contribution in [1.82, 2.24) is 14.5 Å². The molecule has 3 rings (SSSR count). The smallest absolute Gasteiger partial charge is 0.263 e. The highest BCUT2D eigenvalue weighted by molar-refractivity contribution is 7.89. The van der Waals surface area contributed by atoms with Gasteiger partial charge in [-0.05, 0) is 31.9 Å². The van der Waals surface area contributed by atoms with Crippen LogP contribution in [0.15, 0.2) is 27.8 Å². The minimum atomic E-state index is -3.76. The van der Waals surface area contributed by atoms with Crippen LogP contribution in [0.2, 0.25) is 0 Å². The number of sulfonamides is 1. The van der Waals surface area contributed by atoms with Crippen LogP contribution in [0.5, 0.6) is 0 Å². The minimum Gasteiger partial charge on any atom is -0.468 e. The third-order valence-electron chi connectivity index (χ3n) is 3.59. The van der Waals surface area contributed by atoms with Crippen molar-refractivity contribution in [2.24, 2.45) is 0 Å². The van der Waals surface area contributed by atoms with E-state index in [4.69, 9.17) is 4.42 Å². The van der Waals surface area contributed by atoms with Crippen molar-refractivity contribution in [3.8, 4) is 0 Å². The van der Waals surface area contributed by atoms with E-state index in [1.165, 1.54) is 10.6 Å². The van der Waals surface area contributed by atoms with E-state index in [2.05, 4.69) is 10.2 Å². The number of nitrogens with one attached hydrogen (secondary N) is 1. The van der Waals surface area contributed by atoms with E-state index in [9.17, 15) is 13.5 Å². The van der Waals surface area contributed by atoms with Gasteiger partial charge in [0.15, 0.2) is 5.03 Å². The molecule has 2 heterocycles. The molecule has 0 spiro atoms. The van der Waals surface area contributed by atoms with Gasteiger partial charge in [0, 0.05) is 17.3 Å². The Kier molecular flexibility index (Phi) is 3.60. The van der Waals surface area contributed by atoms with Gasteiger partial charge in [-0.15, -0.1) is 0 Å². The van der Waals surface area contributed by atoms with Gasteiger partial charge in [0.2, 0.25) is 0 Å². The third kappa shape index (κ3) is 2.61. The standard InChI is InChI=1S/C13H17N3O4S/c1-9-12(8-17)13(15-14-9)21(18,19)16(10-4-5-10)7-11-3-2-6-20-11/h2-3,6,10,17H,4-5,7-8H2,1H3,(H,14,15). The average Bonchev–Trinajstić information content (AvgIpc) is 3.00. The van der Waals surface area contributed by atoms with Gasteiger partial charge in [0.05, 0.1) is 19.4 Å². The molecule has 2 aromatic heterocycles. The van der Waals surface area contributed by atoms with E-state index in [1.807, 2.05) is 0 Å². The van der Waals surface area contributed by atoms with Crippen LogP contribution < -0.4 is 0 Å². The number of aryl methyl sites for hydroxylation is 1. The number of hydrogen-bond acceptors (Lipinski definition) is 5. The molecule has 0 radical (unpaired) electrons. The molecule has 0 atom stereocenters. The van der Waals surface area contributed by atoms with Gasteiger partial charge in [-0.1, -0.05) is 0 Å². The first kappa shape index (κ1) is 14.3. The van der Waals surface area contributed by atoms with E-state index in [0.29, 0.717) is 17.0 Å². The average molecular weight is 311 g/mol. The summed E-state index contributed by atoms with van der Waals surface area (Å²) in [5, 5.41) is 15.8. The number of aromatic nitrogens is 2. The molecule has 0 unspecified atom stereocenters. The Morgan fingerprint density at radius 3 is 2.86 bits per heavy atom. The fourth-order valence-corrected chi connectivity index (χ4v) is 4.08. The van der Waals surface area contributed by atoms with Crippen molar-refractivity contribution < 1.29 is 17.9 Å². The Labute approximate surface area is 122 Å². The molecule has 7 nitrogen and oxygen atoms in total. The van der Waals surface area contributed by atoms with Crippen LogP contribution in [-0.4, -0.2) is 34.1 Å². The zero-order chi connectivity index (χ0) is 15.0. The van der Waals surface area contributed by atoms with Crippen LogP contribution in [0, 0.1) is 6.92 Å². The van der Waals surface area contributed by atoms with Crippen LogP contribution in [0.25, 0.3) is 0 Å². The van der Waals surface area contributed by atoms with E-state index in [1.54, 1.807) is 19.1 Å². The molecule has 2 N–H and O–H groups in total. The molecule has 2 aromatic rings. The molecular formula is C13H17N3O4S. The predicted molar refractivity (Wildman–Crippen MR) is 73.7 cm³/mol. The second-order valence-corrected chi connectivity index (χ2v) is 6.96. The number of furan rings is 1. The molecule has 114 valence electrons. The lowest BCUT2D eigenvalue weighted by Crippen LogP contribution is -2.33. The summed E-state index contributed by atoms with van der Waals surface area (Å²) < 4.78 is 32.3. The van der Waals surface area contributed by atoms with Gasteiger partial charge >= 0.3 is 0 Å². The lowest BCUT2D eigenvalue weighted by atomic mass is 10.3. The molecule has 1 aliphatic rings. The number of aliphatic hydroxyl groups excluding tert-OH is 1. The van der Waals surface area contributed by atoms with Gasteiger partial charge in [-0.3, -0.25) is 5.10 Å². The van der Waals surface area contributed by atoms with Gasteiger partial charge < -0.3 is 9.52 Å². The van der Waals surface area contributed by atoms with Crippen molar-refractivity contribution in [2.45, 2.75) is 44.0 Å². The fourth-order valence-electron chi connectivity index (χ4n) is 2.27. The van der Waals surface area contributed by atoms with E-state index >= 15 is 0 Å². The summed E-state index contributed by atoms with van der Waals surface area (Å²) >= 11 is 0. The second-order valence-electron chi connectivity index (χ2n) is 5.15. The van der Waals surface area contributed by atoms with Gasteiger partial charge in [0.1, 0.15) is 5.76 Å². The van der Waals surface area contributed by atoms with Crippen molar-refractivity contribution in [3.63, 3.8) is 0 Å². The zero-order valence-corrected chi connectivity index (χ0v) is 12.4. The zero-order valence-electron chi connectivity index (χ0n) is 11.6. The van der Waals surface area contributed by atoms with Crippen molar-refractivity contribution in [2.75, 3.05) is 0 Å². The molecule has 1 fully saturated rings. The van der Waals surface area contributed by atoms with E-state index < -0.39 is 10.0 Å². The van der Waals surface area contributed by atoms with Gasteiger partial charge in [-0.25, -0.2) is 8.42 Å². The van der Waals surface area contributed by atoms with E-state index in [0.717, 1.165) is 12.8 Å². The molecule has 0 bridgehead atoms. The summed E-state index contributed by atoms with van der Waals surface area (Å²) in [6.07, 6.45) is 3.18. The van der Waals surface area contributed by atoms with Crippen molar-refractivity contribution in [1.29, 1.82) is 0 Å². The summed E-state index contributed by atoms with van der Waals surface area (Å²) in [4.78, 5) is 0. The summed E-state index contributed by atoms with van der Waals surface area (Å²) in [6.45, 7) is 1.50. The summed E-state index contributed by atoms with van der Waals surface area (Å²) in [5.74, 6) is 0.586. The van der Waals surface area contributed by atoms with Gasteiger partial charge in [-0.2, -0.15) is 9.40 Å². The molecule has 0 saturated heterocycles. The van der Waals surface area contributed by atoms with E-state index in [-0.39, 0.29) is 24.2 Å². The molecule has 8 heteroatoms. The maximum Gasteiger partial charge on any atom is 0.263 e. The summed E-state index contributed by atoms with van der Waals surface area (Å²) in [5.41, 5.74) is 0.880. The molecule has 0 aromatic carbocycles. The molecular weight excluding hydrogens is 294 g/mol. The third-order valence-corrected chi connectivity index (χ3v) is 5.46. The van der Waals surface area contributed by atoms with Crippen molar-refractivity contribution >= 4 is 10.0 Å². The number of nitrogens with zero attached hydrogens (tertiary/aromatic N) is 2. The number of rotatable bonds is 6. The first-order chi connectivity index (χ1) is 10.0. The number of aromatic amines is 1. The topological polar surface area (TPSA) is 99.4 Å². The SMILES string of the molecule is Cc1[nH]nc(S(=O)(=O)N(Cc2ccco2)C2CC2)c1CO. The monoisotopic (exact) mass is 311 g/mol. The van der Waals surface area contributed by atoms with Crippen LogP contribution in [0.3, 0.4) is 0 Å². The molecule has 0 amide bonds. The molecule has 0 aliphatic heterocycles. The second kappa shape index (κ2) is 5.28. The Balaban J connectivity index is 1.97. The quantitative estimate of drug-likeness (QED) is 0.834. The first-order valence-electron chi connectivity index (χ1n) is 6.73. The highest BCUT2D eigenvalue weighted by Gasteiger charge is 2.40. The molecule has 21 heavy (non-hydrogen) atoms. The van der Waals surface area contributed by atoms with Crippen molar-refractivity contribution in [3.05, 3.63) is 35.4 Å². The van der Waals surface area contributed by atoms with Crippen LogP contribution >= 0.6 is 0 Å². The first-order valence-corrected chi connectivity index (χ1v) is 8.17. The van der Waals surface area contributed by atoms with Crippen LogP contribution in [0.4, 0.5) is 0 Å². The summed E-state index contributed by atoms with van der Waals surface area (Å²) in [6, 6.07) is 3.45. The lowest BCUT2D eigenvalue weighted by molar-refractivity contribution is 0.276. The summed E-state index contributed by atoms with van der Waals surface area (Å²) in [7, 11) is -3.76. The number of H-pyrrole nitrogens is 1. The number of hydrogen-bond donors (Lipinski definition) is 2. The Morgan fingerprint density at radius 1 is 1.52 bits per heavy atom. The van der Waals surface area contributed by atoms with Crippen LogP contribution in [0.1, 0.15) is 29.9 Å². The normalized spacial score (nSPS) is 15.8. The lowest BCUT2D eigenvalue weighted by Gasteiger charge is -2.20. The number of aliphatic hydroxyl groups is 1. The Bertz CT molecular complexity index is 717. The predicted octanol–water partition coefficient (Wildman–Crippen LogP) is 1.16. The maximum absolute atomic E-state index is 12.8. The molecule has 1 aliphatic carbocycles. The highest BCUT2D eigenvalue weighted by Crippen LogP contribution is 2.34. The Morgan fingerprint density at radius 2 is 2.29 bits per heavy atom. The maximum atomic E-state index is 12.8. The van der Waals surface area contributed by atoms with Crippen LogP contribution in [-0.2, 0) is 23.2 Å². The Hall–Kier alpha value is -1.64. The molecule has 1 saturated carbocycles. The highest BCUT2D eigenvalue weighted by atomic mass is 32.2. The van der Waals surface area contributed by atoms with Gasteiger partial charge in [0.25, 0.3) is 10.0 Å².